The molecule has 1 aliphatic rings. The monoisotopic (exact) mass is 450 g/mol. The largest absolute Gasteiger partial charge is 0.490 e. The summed E-state index contributed by atoms with van der Waals surface area (Å²) in [6, 6.07) is 24.5. The van der Waals surface area contributed by atoms with Crippen LogP contribution >= 0.6 is 0 Å². The molecular weight excluding hydrogens is 428 g/mol. The smallest absolute Gasteiger partial charge is 0.338 e. The molecule has 0 saturated carbocycles. The van der Waals surface area contributed by atoms with E-state index in [9.17, 15) is 13.2 Å². The van der Waals surface area contributed by atoms with Gasteiger partial charge in [-0.2, -0.15) is 8.42 Å². The summed E-state index contributed by atoms with van der Waals surface area (Å²) in [5.41, 5.74) is 0.943. The first-order valence-electron chi connectivity index (χ1n) is 10.0. The molecule has 0 fully saturated rings. The van der Waals surface area contributed by atoms with E-state index < -0.39 is 22.1 Å². The third-order valence-corrected chi connectivity index (χ3v) is 6.24. The molecule has 1 aliphatic heterocycles. The topological polar surface area (TPSA) is 85.3 Å². The minimum atomic E-state index is -3.75. The number of nitrogens with zero attached hydrogens (tertiary/aromatic N) is 2. The summed E-state index contributed by atoms with van der Waals surface area (Å²) in [5, 5.41) is 0. The first-order valence-corrected chi connectivity index (χ1v) is 11.5. The zero-order valence-electron chi connectivity index (χ0n) is 17.4. The van der Waals surface area contributed by atoms with Gasteiger partial charge in [0.2, 0.25) is 0 Å². The van der Waals surface area contributed by atoms with Crippen LogP contribution in [0, 0.1) is 0 Å². The lowest BCUT2D eigenvalue weighted by molar-refractivity contribution is 0.0130. The van der Waals surface area contributed by atoms with Gasteiger partial charge in [0, 0.05) is 12.6 Å². The second-order valence-electron chi connectivity index (χ2n) is 7.28. The number of rotatable bonds is 7. The fourth-order valence-corrected chi connectivity index (χ4v) is 4.63. The van der Waals surface area contributed by atoms with Gasteiger partial charge in [0.1, 0.15) is 17.3 Å². The summed E-state index contributed by atoms with van der Waals surface area (Å²) in [6.45, 7) is 0.280. The van der Waals surface area contributed by atoms with Crippen LogP contribution in [0.25, 0.3) is 0 Å². The fourth-order valence-electron chi connectivity index (χ4n) is 3.38. The summed E-state index contributed by atoms with van der Waals surface area (Å²) >= 11 is 0. The normalized spacial score (nSPS) is 14.7. The maximum atomic E-state index is 12.6. The average Bonchev–Trinajstić information content (AvgIpc) is 3.10. The number of ether oxygens (including phenoxy) is 2. The van der Waals surface area contributed by atoms with Gasteiger partial charge < -0.3 is 14.4 Å². The SMILES string of the molecule is CN(C[C@@H](COc1ccccc1)OC(=O)c1ccccc1)C1=NS(=O)(=O)c2ccccc21. The number of benzene rings is 3. The predicted molar refractivity (Wildman–Crippen MR) is 120 cm³/mol. The van der Waals surface area contributed by atoms with Crippen molar-refractivity contribution in [3.63, 3.8) is 0 Å². The van der Waals surface area contributed by atoms with E-state index in [-0.39, 0.29) is 18.0 Å². The molecule has 32 heavy (non-hydrogen) atoms. The second-order valence-corrected chi connectivity index (χ2v) is 8.86. The van der Waals surface area contributed by atoms with Crippen molar-refractivity contribution in [3.8, 4) is 5.75 Å². The molecule has 3 aromatic rings. The highest BCUT2D eigenvalue weighted by Gasteiger charge is 2.31. The van der Waals surface area contributed by atoms with Gasteiger partial charge in [-0.3, -0.25) is 0 Å². The highest BCUT2D eigenvalue weighted by molar-refractivity contribution is 7.90. The Labute approximate surface area is 187 Å². The maximum Gasteiger partial charge on any atom is 0.338 e. The van der Waals surface area contributed by atoms with Crippen LogP contribution in [0.5, 0.6) is 5.75 Å². The number of hydrogen-bond donors (Lipinski definition) is 0. The van der Waals surface area contributed by atoms with E-state index in [1.807, 2.05) is 36.4 Å². The van der Waals surface area contributed by atoms with Crippen LogP contribution in [0.2, 0.25) is 0 Å². The van der Waals surface area contributed by atoms with Gasteiger partial charge in [-0.25, -0.2) is 4.79 Å². The number of amidine groups is 1. The first-order chi connectivity index (χ1) is 15.4. The van der Waals surface area contributed by atoms with Gasteiger partial charge in [0.25, 0.3) is 10.0 Å². The third-order valence-electron chi connectivity index (χ3n) is 4.91. The van der Waals surface area contributed by atoms with E-state index in [1.165, 1.54) is 6.07 Å². The lowest BCUT2D eigenvalue weighted by Crippen LogP contribution is -2.39. The van der Waals surface area contributed by atoms with E-state index >= 15 is 0 Å². The highest BCUT2D eigenvalue weighted by atomic mass is 32.2. The molecule has 1 atom stereocenters. The van der Waals surface area contributed by atoms with Crippen molar-refractivity contribution in [2.75, 3.05) is 20.2 Å². The number of esters is 1. The quantitative estimate of drug-likeness (QED) is 0.513. The molecule has 0 spiro atoms. The molecule has 3 aromatic carbocycles. The van der Waals surface area contributed by atoms with Gasteiger partial charge in [-0.1, -0.05) is 48.5 Å². The average molecular weight is 451 g/mol. The molecule has 0 saturated heterocycles. The van der Waals surface area contributed by atoms with Crippen LogP contribution in [0.15, 0.2) is 94.2 Å². The Morgan fingerprint density at radius 3 is 2.28 bits per heavy atom. The Morgan fingerprint density at radius 2 is 1.56 bits per heavy atom. The van der Waals surface area contributed by atoms with Crippen molar-refractivity contribution in [1.82, 2.24) is 4.90 Å². The minimum Gasteiger partial charge on any atom is -0.490 e. The van der Waals surface area contributed by atoms with Crippen LogP contribution in [0.4, 0.5) is 0 Å². The van der Waals surface area contributed by atoms with Crippen molar-refractivity contribution in [3.05, 3.63) is 96.1 Å². The van der Waals surface area contributed by atoms with Crippen molar-refractivity contribution >= 4 is 21.8 Å². The van der Waals surface area contributed by atoms with Crippen LogP contribution in [0.3, 0.4) is 0 Å². The highest BCUT2D eigenvalue weighted by Crippen LogP contribution is 2.27. The molecule has 8 heteroatoms. The van der Waals surface area contributed by atoms with Crippen molar-refractivity contribution in [2.45, 2.75) is 11.0 Å². The Kier molecular flexibility index (Phi) is 6.23. The van der Waals surface area contributed by atoms with Crippen molar-refractivity contribution in [2.24, 2.45) is 4.40 Å². The Balaban J connectivity index is 1.53. The molecule has 4 rings (SSSR count). The zero-order valence-corrected chi connectivity index (χ0v) is 18.2. The summed E-state index contributed by atoms with van der Waals surface area (Å²) in [7, 11) is -2.04. The molecule has 0 unspecified atom stereocenters. The zero-order chi connectivity index (χ0) is 22.6. The number of para-hydroxylation sites is 1. The molecule has 7 nitrogen and oxygen atoms in total. The van der Waals surface area contributed by atoms with Gasteiger partial charge in [0.15, 0.2) is 11.9 Å². The molecular formula is C24H22N2O5S. The predicted octanol–water partition coefficient (Wildman–Crippen LogP) is 3.37. The number of carbonyl (C=O) groups is 1. The molecule has 1 heterocycles. The van der Waals surface area contributed by atoms with Gasteiger partial charge in [-0.15, -0.1) is 4.40 Å². The van der Waals surface area contributed by atoms with Gasteiger partial charge in [-0.05, 0) is 36.4 Å². The van der Waals surface area contributed by atoms with E-state index in [1.54, 1.807) is 54.4 Å². The van der Waals surface area contributed by atoms with E-state index in [0.29, 0.717) is 22.7 Å². The van der Waals surface area contributed by atoms with Gasteiger partial charge >= 0.3 is 5.97 Å². The molecule has 164 valence electrons. The fraction of sp³-hybridized carbons (Fsp3) is 0.167. The summed E-state index contributed by atoms with van der Waals surface area (Å²) in [6.07, 6.45) is -0.675. The molecule has 0 aromatic heterocycles. The van der Waals surface area contributed by atoms with Crippen LogP contribution < -0.4 is 4.74 Å². The second kappa shape index (κ2) is 9.23. The molecule has 0 amide bonds. The van der Waals surface area contributed by atoms with Crippen LogP contribution in [0.1, 0.15) is 15.9 Å². The number of hydrogen-bond acceptors (Lipinski definition) is 6. The van der Waals surface area contributed by atoms with E-state index in [2.05, 4.69) is 4.40 Å². The third kappa shape index (κ3) is 4.81. The summed E-state index contributed by atoms with van der Waals surface area (Å²) in [5.74, 6) is 0.463. The van der Waals surface area contributed by atoms with Gasteiger partial charge in [0.05, 0.1) is 12.1 Å². The number of likely N-dealkylation sites (N-methyl/N-ethyl adjacent to an activating group) is 1. The van der Waals surface area contributed by atoms with Crippen molar-refractivity contribution in [1.29, 1.82) is 0 Å². The first kappa shape index (κ1) is 21.6. The maximum absolute atomic E-state index is 12.6. The lowest BCUT2D eigenvalue weighted by atomic mass is 10.2. The van der Waals surface area contributed by atoms with Crippen LogP contribution in [-0.4, -0.2) is 51.4 Å². The standard InChI is InChI=1S/C24H22N2O5S/c1-26(23-21-14-8-9-15-22(21)32(28,29)25-23)16-20(17-30-19-12-6-3-7-13-19)31-24(27)18-10-4-2-5-11-18/h2-15,20H,16-17H2,1H3/t20-/m0/s1. The minimum absolute atomic E-state index is 0.0919. The van der Waals surface area contributed by atoms with Crippen LogP contribution in [-0.2, 0) is 14.8 Å². The summed E-state index contributed by atoms with van der Waals surface area (Å²) in [4.78, 5) is 14.5. The molecule has 0 aliphatic carbocycles. The van der Waals surface area contributed by atoms with E-state index in [4.69, 9.17) is 9.47 Å². The molecule has 0 N–H and O–H groups in total. The Bertz CT molecular complexity index is 1230. The summed E-state index contributed by atoms with van der Waals surface area (Å²) < 4.78 is 40.3. The molecule has 0 bridgehead atoms. The number of fused-ring (bicyclic) bond motifs is 1. The molecule has 0 radical (unpaired) electrons. The number of sulfonamides is 1. The van der Waals surface area contributed by atoms with E-state index in [0.717, 1.165) is 0 Å². The Hall–Kier alpha value is -3.65. The number of carbonyl (C=O) groups excluding carboxylic acids is 1. The van der Waals surface area contributed by atoms with Crippen molar-refractivity contribution < 1.29 is 22.7 Å². The Morgan fingerprint density at radius 1 is 0.938 bits per heavy atom. The lowest BCUT2D eigenvalue weighted by Gasteiger charge is -2.25.